The molecule has 0 saturated carbocycles. The summed E-state index contributed by atoms with van der Waals surface area (Å²) >= 11 is 0. The van der Waals surface area contributed by atoms with Crippen LogP contribution in [0.3, 0.4) is 0 Å². The molecule has 1 amide bonds. The third-order valence-corrected chi connectivity index (χ3v) is 6.50. The molecule has 1 aromatic rings. The summed E-state index contributed by atoms with van der Waals surface area (Å²) in [6.07, 6.45) is 11.6. The number of hydrogen-bond donors (Lipinski definition) is 0. The van der Waals surface area contributed by atoms with Gasteiger partial charge in [0.05, 0.1) is 5.70 Å². The van der Waals surface area contributed by atoms with Crippen LogP contribution in [0.2, 0.25) is 0 Å². The van der Waals surface area contributed by atoms with E-state index in [1.54, 1.807) is 0 Å². The van der Waals surface area contributed by atoms with Crippen molar-refractivity contribution in [2.24, 2.45) is 0 Å². The van der Waals surface area contributed by atoms with Crippen molar-refractivity contribution >= 4 is 6.09 Å². The van der Waals surface area contributed by atoms with Gasteiger partial charge in [-0.2, -0.15) is 0 Å². The lowest BCUT2D eigenvalue weighted by Gasteiger charge is -2.38. The molecule has 0 atom stereocenters. The number of carbonyl (C=O) groups is 1. The second-order valence-electron chi connectivity index (χ2n) is 8.70. The first-order chi connectivity index (χ1) is 14.1. The maximum Gasteiger partial charge on any atom is 0.415 e. The van der Waals surface area contributed by atoms with Crippen molar-refractivity contribution in [2.75, 3.05) is 19.6 Å². The van der Waals surface area contributed by atoms with Crippen molar-refractivity contribution in [2.45, 2.75) is 83.3 Å². The van der Waals surface area contributed by atoms with Crippen molar-refractivity contribution in [1.82, 2.24) is 9.80 Å². The summed E-state index contributed by atoms with van der Waals surface area (Å²) in [5.41, 5.74) is 1.76. The van der Waals surface area contributed by atoms with Gasteiger partial charge in [0.2, 0.25) is 0 Å². The summed E-state index contributed by atoms with van der Waals surface area (Å²) in [6.45, 7) is 10.1. The van der Waals surface area contributed by atoms with Gasteiger partial charge in [0.1, 0.15) is 0 Å². The Balaban J connectivity index is 1.39. The maximum atomic E-state index is 12.5. The standard InChI is InChI=1S/C25H38N2O2/c1-3-4-5-6-7-8-9-13-18-27-22(2)25(29-24(27)28)16-19-26(20-17-25)21-23-14-11-10-12-15-23/h10-12,14-15H,2-9,13,16-21H2,1H3. The zero-order valence-electron chi connectivity index (χ0n) is 18.2. The third kappa shape index (κ3) is 5.85. The van der Waals surface area contributed by atoms with Gasteiger partial charge in [0.25, 0.3) is 0 Å². The molecule has 0 bridgehead atoms. The molecule has 3 rings (SSSR count). The highest BCUT2D eigenvalue weighted by Gasteiger charge is 2.50. The minimum absolute atomic E-state index is 0.186. The van der Waals surface area contributed by atoms with E-state index in [9.17, 15) is 4.79 Å². The van der Waals surface area contributed by atoms with Crippen LogP contribution in [0.5, 0.6) is 0 Å². The number of amides is 1. The van der Waals surface area contributed by atoms with E-state index in [0.717, 1.165) is 51.1 Å². The Kier molecular flexibility index (Phi) is 8.17. The highest BCUT2D eigenvalue weighted by molar-refractivity contribution is 5.74. The summed E-state index contributed by atoms with van der Waals surface area (Å²) in [4.78, 5) is 16.8. The lowest BCUT2D eigenvalue weighted by molar-refractivity contribution is 0.0127. The normalized spacial score (nSPS) is 19.1. The van der Waals surface area contributed by atoms with Crippen molar-refractivity contribution in [3.8, 4) is 0 Å². The van der Waals surface area contributed by atoms with Gasteiger partial charge in [-0.25, -0.2) is 4.79 Å². The fourth-order valence-electron chi connectivity index (χ4n) is 4.57. The van der Waals surface area contributed by atoms with Crippen LogP contribution < -0.4 is 0 Å². The fourth-order valence-corrected chi connectivity index (χ4v) is 4.57. The minimum atomic E-state index is -0.468. The summed E-state index contributed by atoms with van der Waals surface area (Å²) < 4.78 is 5.90. The zero-order chi connectivity index (χ0) is 20.5. The predicted octanol–water partition coefficient (Wildman–Crippen LogP) is 6.13. The quantitative estimate of drug-likeness (QED) is 0.420. The van der Waals surface area contributed by atoms with Crippen LogP contribution in [0, 0.1) is 0 Å². The molecule has 29 heavy (non-hydrogen) atoms. The Morgan fingerprint density at radius 1 is 0.966 bits per heavy atom. The van der Waals surface area contributed by atoms with Gasteiger partial charge in [-0.3, -0.25) is 9.80 Å². The molecule has 0 N–H and O–H groups in total. The van der Waals surface area contributed by atoms with Gasteiger partial charge in [-0.1, -0.05) is 88.8 Å². The summed E-state index contributed by atoms with van der Waals surface area (Å²) in [7, 11) is 0. The topological polar surface area (TPSA) is 32.8 Å². The molecule has 2 fully saturated rings. The molecule has 1 spiro atoms. The average Bonchev–Trinajstić information content (AvgIpc) is 2.96. The number of rotatable bonds is 11. The number of carbonyl (C=O) groups excluding carboxylic acids is 1. The SMILES string of the molecule is C=C1N(CCCCCCCCCC)C(=O)OC12CCN(Cc1ccccc1)CC2. The Hall–Kier alpha value is -1.81. The van der Waals surface area contributed by atoms with E-state index in [-0.39, 0.29) is 6.09 Å². The van der Waals surface area contributed by atoms with E-state index < -0.39 is 5.60 Å². The monoisotopic (exact) mass is 398 g/mol. The Bertz CT molecular complexity index is 650. The highest BCUT2D eigenvalue weighted by Crippen LogP contribution is 2.40. The van der Waals surface area contributed by atoms with E-state index in [2.05, 4.69) is 48.7 Å². The molecule has 2 aliphatic heterocycles. The molecule has 1 aromatic carbocycles. The van der Waals surface area contributed by atoms with Gasteiger partial charge in [-0.05, 0) is 12.0 Å². The van der Waals surface area contributed by atoms with Gasteiger partial charge >= 0.3 is 6.09 Å². The molecule has 2 saturated heterocycles. The van der Waals surface area contributed by atoms with E-state index in [1.807, 2.05) is 4.90 Å². The highest BCUT2D eigenvalue weighted by atomic mass is 16.6. The molecule has 2 heterocycles. The minimum Gasteiger partial charge on any atom is -0.436 e. The van der Waals surface area contributed by atoms with E-state index in [0.29, 0.717) is 0 Å². The maximum absolute atomic E-state index is 12.5. The predicted molar refractivity (Wildman–Crippen MR) is 119 cm³/mol. The molecule has 4 heteroatoms. The number of likely N-dealkylation sites (tertiary alicyclic amines) is 1. The Morgan fingerprint density at radius 2 is 1.59 bits per heavy atom. The molecule has 0 unspecified atom stereocenters. The lowest BCUT2D eigenvalue weighted by Crippen LogP contribution is -2.45. The lowest BCUT2D eigenvalue weighted by atomic mass is 9.88. The van der Waals surface area contributed by atoms with Crippen molar-refractivity contribution < 1.29 is 9.53 Å². The molecule has 0 aromatic heterocycles. The molecule has 4 nitrogen and oxygen atoms in total. The number of nitrogens with zero attached hydrogens (tertiary/aromatic N) is 2. The summed E-state index contributed by atoms with van der Waals surface area (Å²) in [6, 6.07) is 10.6. The summed E-state index contributed by atoms with van der Waals surface area (Å²) in [5.74, 6) is 0. The average molecular weight is 399 g/mol. The van der Waals surface area contributed by atoms with E-state index in [1.165, 1.54) is 50.5 Å². The Morgan fingerprint density at radius 3 is 2.24 bits per heavy atom. The molecule has 0 aliphatic carbocycles. The van der Waals surface area contributed by atoms with E-state index in [4.69, 9.17) is 4.74 Å². The van der Waals surface area contributed by atoms with Crippen molar-refractivity contribution in [3.05, 3.63) is 48.2 Å². The van der Waals surface area contributed by atoms with Crippen LogP contribution in [-0.4, -0.2) is 41.1 Å². The largest absolute Gasteiger partial charge is 0.436 e. The van der Waals surface area contributed by atoms with Crippen LogP contribution in [0.15, 0.2) is 42.6 Å². The molecule has 0 radical (unpaired) electrons. The van der Waals surface area contributed by atoms with E-state index >= 15 is 0 Å². The Labute approximate surface area is 176 Å². The zero-order valence-corrected chi connectivity index (χ0v) is 18.2. The van der Waals surface area contributed by atoms with Gasteiger partial charge in [0.15, 0.2) is 5.60 Å². The molecule has 160 valence electrons. The molecular weight excluding hydrogens is 360 g/mol. The smallest absolute Gasteiger partial charge is 0.415 e. The van der Waals surface area contributed by atoms with Crippen LogP contribution in [0.25, 0.3) is 0 Å². The first-order valence-electron chi connectivity index (χ1n) is 11.6. The second kappa shape index (κ2) is 10.8. The van der Waals surface area contributed by atoms with Crippen molar-refractivity contribution in [3.63, 3.8) is 0 Å². The first kappa shape index (κ1) is 21.9. The molecular formula is C25H38N2O2. The number of hydrogen-bond acceptors (Lipinski definition) is 3. The third-order valence-electron chi connectivity index (χ3n) is 6.50. The second-order valence-corrected chi connectivity index (χ2v) is 8.70. The number of piperidine rings is 1. The summed E-state index contributed by atoms with van der Waals surface area (Å²) in [5, 5.41) is 0. The van der Waals surface area contributed by atoms with Crippen LogP contribution in [-0.2, 0) is 11.3 Å². The van der Waals surface area contributed by atoms with Crippen molar-refractivity contribution in [1.29, 1.82) is 0 Å². The number of unbranched alkanes of at least 4 members (excludes halogenated alkanes) is 7. The van der Waals surface area contributed by atoms with Gasteiger partial charge in [-0.15, -0.1) is 0 Å². The van der Waals surface area contributed by atoms with Crippen LogP contribution in [0.4, 0.5) is 4.79 Å². The fraction of sp³-hybridized carbons (Fsp3) is 0.640. The van der Waals surface area contributed by atoms with Gasteiger partial charge < -0.3 is 4.74 Å². The van der Waals surface area contributed by atoms with Crippen LogP contribution >= 0.6 is 0 Å². The van der Waals surface area contributed by atoms with Crippen LogP contribution in [0.1, 0.15) is 76.7 Å². The van der Waals surface area contributed by atoms with Gasteiger partial charge in [0, 0.05) is 39.0 Å². The molecule has 2 aliphatic rings. The number of benzene rings is 1. The number of ether oxygens (including phenoxy) is 1. The first-order valence-corrected chi connectivity index (χ1v) is 11.6.